The van der Waals surface area contributed by atoms with Crippen LogP contribution in [-0.4, -0.2) is 10.9 Å². The van der Waals surface area contributed by atoms with Crippen molar-refractivity contribution in [2.45, 2.75) is 6.54 Å². The average Bonchev–Trinajstić information content (AvgIpc) is 2.78. The van der Waals surface area contributed by atoms with Crippen LogP contribution in [0.25, 0.3) is 0 Å². The fourth-order valence-electron chi connectivity index (χ4n) is 1.26. The number of carbonyl (C=O) groups is 1. The Hall–Kier alpha value is -1.06. The van der Waals surface area contributed by atoms with E-state index in [4.69, 9.17) is 11.6 Å². The van der Waals surface area contributed by atoms with Crippen molar-refractivity contribution in [3.05, 3.63) is 45.4 Å². The highest BCUT2D eigenvalue weighted by molar-refractivity contribution is 7.09. The summed E-state index contributed by atoms with van der Waals surface area (Å²) in [5.41, 5.74) is 0.617. The molecule has 14 heavy (non-hydrogen) atoms. The maximum absolute atomic E-state index is 10.5. The molecular formula is C10H8ClNOS. The maximum atomic E-state index is 10.5. The highest BCUT2D eigenvalue weighted by atomic mass is 35.5. The van der Waals surface area contributed by atoms with Crippen LogP contribution in [0.2, 0.25) is 5.15 Å². The van der Waals surface area contributed by atoms with E-state index in [1.807, 2.05) is 22.1 Å². The second-order valence-electron chi connectivity index (χ2n) is 2.92. The second kappa shape index (κ2) is 3.98. The Balaban J connectivity index is 2.24. The molecule has 2 nitrogen and oxygen atoms in total. The summed E-state index contributed by atoms with van der Waals surface area (Å²) >= 11 is 7.62. The van der Waals surface area contributed by atoms with E-state index in [2.05, 4.69) is 0 Å². The number of hydrogen-bond acceptors (Lipinski definition) is 2. The Labute approximate surface area is 90.7 Å². The summed E-state index contributed by atoms with van der Waals surface area (Å²) in [6.07, 6.45) is 2.56. The highest BCUT2D eigenvalue weighted by Gasteiger charge is 2.03. The molecule has 0 bridgehead atoms. The van der Waals surface area contributed by atoms with Gasteiger partial charge in [-0.2, -0.15) is 0 Å². The molecule has 0 radical (unpaired) electrons. The first-order valence-corrected chi connectivity index (χ1v) is 5.38. The number of hydrogen-bond donors (Lipinski definition) is 0. The summed E-state index contributed by atoms with van der Waals surface area (Å²) in [6.45, 7) is 0.727. The minimum atomic E-state index is 0.598. The van der Waals surface area contributed by atoms with E-state index in [1.54, 1.807) is 23.6 Å². The Morgan fingerprint density at radius 3 is 3.00 bits per heavy atom. The molecule has 0 unspecified atom stereocenters. The van der Waals surface area contributed by atoms with Crippen LogP contribution in [0.15, 0.2) is 29.8 Å². The van der Waals surface area contributed by atoms with Gasteiger partial charge in [-0.15, -0.1) is 11.3 Å². The van der Waals surface area contributed by atoms with Crippen LogP contribution in [0.4, 0.5) is 0 Å². The molecule has 0 atom stereocenters. The lowest BCUT2D eigenvalue weighted by atomic mass is 10.4. The Kier molecular flexibility index (Phi) is 2.70. The SMILES string of the molecule is O=Cc1cc(Cl)n(Cc2cccs2)c1. The van der Waals surface area contributed by atoms with Gasteiger partial charge in [-0.3, -0.25) is 4.79 Å². The van der Waals surface area contributed by atoms with Crippen molar-refractivity contribution in [1.29, 1.82) is 0 Å². The van der Waals surface area contributed by atoms with Crippen molar-refractivity contribution in [1.82, 2.24) is 4.57 Å². The Bertz CT molecular complexity index is 433. The largest absolute Gasteiger partial charge is 0.333 e. The fraction of sp³-hybridized carbons (Fsp3) is 0.100. The van der Waals surface area contributed by atoms with E-state index in [0.717, 1.165) is 12.8 Å². The lowest BCUT2D eigenvalue weighted by Gasteiger charge is -2.00. The maximum Gasteiger partial charge on any atom is 0.151 e. The smallest absolute Gasteiger partial charge is 0.151 e. The average molecular weight is 226 g/mol. The molecule has 0 saturated heterocycles. The van der Waals surface area contributed by atoms with E-state index in [-0.39, 0.29) is 0 Å². The molecule has 0 spiro atoms. The number of halogens is 1. The van der Waals surface area contributed by atoms with E-state index in [1.165, 1.54) is 4.88 Å². The van der Waals surface area contributed by atoms with E-state index in [9.17, 15) is 4.79 Å². The molecule has 0 aliphatic heterocycles. The number of nitrogens with zero attached hydrogens (tertiary/aromatic N) is 1. The van der Waals surface area contributed by atoms with Gasteiger partial charge in [0.1, 0.15) is 5.15 Å². The number of rotatable bonds is 3. The van der Waals surface area contributed by atoms with E-state index < -0.39 is 0 Å². The number of carbonyl (C=O) groups excluding carboxylic acids is 1. The van der Waals surface area contributed by atoms with Gasteiger partial charge in [0.2, 0.25) is 0 Å². The summed E-state index contributed by atoms with van der Waals surface area (Å²) in [4.78, 5) is 11.7. The molecule has 0 amide bonds. The standard InChI is InChI=1S/C10H8ClNOS/c11-10-4-8(7-13)5-12(10)6-9-2-1-3-14-9/h1-5,7H,6H2. The quantitative estimate of drug-likeness (QED) is 0.736. The zero-order valence-electron chi connectivity index (χ0n) is 7.31. The first-order chi connectivity index (χ1) is 6.79. The molecule has 72 valence electrons. The molecule has 2 rings (SSSR count). The molecule has 0 aliphatic carbocycles. The van der Waals surface area contributed by atoms with Gasteiger partial charge in [0, 0.05) is 16.6 Å². The topological polar surface area (TPSA) is 22.0 Å². The van der Waals surface area contributed by atoms with Crippen molar-refractivity contribution in [2.24, 2.45) is 0 Å². The predicted octanol–water partition coefficient (Wildman–Crippen LogP) is 3.06. The summed E-state index contributed by atoms with van der Waals surface area (Å²) in [5.74, 6) is 0. The second-order valence-corrected chi connectivity index (χ2v) is 4.34. The van der Waals surface area contributed by atoms with Gasteiger partial charge >= 0.3 is 0 Å². The first-order valence-electron chi connectivity index (χ1n) is 4.13. The molecule has 2 heterocycles. The molecule has 0 N–H and O–H groups in total. The monoisotopic (exact) mass is 225 g/mol. The van der Waals surface area contributed by atoms with Gasteiger partial charge in [-0.25, -0.2) is 0 Å². The van der Waals surface area contributed by atoms with Gasteiger partial charge in [-0.05, 0) is 17.5 Å². The summed E-state index contributed by atoms with van der Waals surface area (Å²) in [5, 5.41) is 2.62. The van der Waals surface area contributed by atoms with E-state index >= 15 is 0 Å². The van der Waals surface area contributed by atoms with Crippen LogP contribution in [0.5, 0.6) is 0 Å². The van der Waals surface area contributed by atoms with Gasteiger partial charge in [-0.1, -0.05) is 17.7 Å². The molecule has 0 aliphatic rings. The van der Waals surface area contributed by atoms with Gasteiger partial charge in [0.15, 0.2) is 6.29 Å². The van der Waals surface area contributed by atoms with Crippen molar-refractivity contribution in [3.8, 4) is 0 Å². The van der Waals surface area contributed by atoms with Crippen molar-refractivity contribution < 1.29 is 4.79 Å². The molecule has 0 aromatic carbocycles. The Morgan fingerprint density at radius 2 is 2.43 bits per heavy atom. The van der Waals surface area contributed by atoms with Crippen LogP contribution in [0.1, 0.15) is 15.2 Å². The van der Waals surface area contributed by atoms with Gasteiger partial charge in [0.05, 0.1) is 6.54 Å². The highest BCUT2D eigenvalue weighted by Crippen LogP contribution is 2.17. The number of aldehydes is 1. The third-order valence-corrected chi connectivity index (χ3v) is 3.09. The van der Waals surface area contributed by atoms with Gasteiger partial charge < -0.3 is 4.57 Å². The number of aromatic nitrogens is 1. The lowest BCUT2D eigenvalue weighted by Crippen LogP contribution is -1.95. The molecular weight excluding hydrogens is 218 g/mol. The minimum absolute atomic E-state index is 0.598. The van der Waals surface area contributed by atoms with E-state index in [0.29, 0.717) is 10.7 Å². The normalized spacial score (nSPS) is 10.4. The molecule has 2 aromatic rings. The minimum Gasteiger partial charge on any atom is -0.333 e. The summed E-state index contributed by atoms with van der Waals surface area (Å²) in [6, 6.07) is 5.71. The fourth-order valence-corrected chi connectivity index (χ4v) is 2.19. The van der Waals surface area contributed by atoms with Crippen molar-refractivity contribution >= 4 is 29.2 Å². The predicted molar refractivity (Wildman–Crippen MR) is 58.3 cm³/mol. The molecule has 0 fully saturated rings. The van der Waals surface area contributed by atoms with Crippen molar-refractivity contribution in [2.75, 3.05) is 0 Å². The Morgan fingerprint density at radius 1 is 1.57 bits per heavy atom. The first kappa shape index (κ1) is 9.49. The van der Waals surface area contributed by atoms with Crippen LogP contribution in [-0.2, 0) is 6.54 Å². The molecule has 0 saturated carbocycles. The van der Waals surface area contributed by atoms with Crippen LogP contribution >= 0.6 is 22.9 Å². The van der Waals surface area contributed by atoms with Gasteiger partial charge in [0.25, 0.3) is 0 Å². The zero-order valence-corrected chi connectivity index (χ0v) is 8.89. The van der Waals surface area contributed by atoms with Crippen LogP contribution in [0.3, 0.4) is 0 Å². The van der Waals surface area contributed by atoms with Crippen molar-refractivity contribution in [3.63, 3.8) is 0 Å². The molecule has 2 aromatic heterocycles. The zero-order chi connectivity index (χ0) is 9.97. The third kappa shape index (κ3) is 1.89. The summed E-state index contributed by atoms with van der Waals surface area (Å²) in [7, 11) is 0. The van der Waals surface area contributed by atoms with Crippen LogP contribution < -0.4 is 0 Å². The molecule has 4 heteroatoms. The lowest BCUT2D eigenvalue weighted by molar-refractivity contribution is 0.112. The third-order valence-electron chi connectivity index (χ3n) is 1.91. The summed E-state index contributed by atoms with van der Waals surface area (Å²) < 4.78 is 1.86. The number of thiophene rings is 1. The van der Waals surface area contributed by atoms with Crippen LogP contribution in [0, 0.1) is 0 Å².